The molecule has 1 N–H and O–H groups in total. The molecule has 0 spiro atoms. The Bertz CT molecular complexity index is 393. The standard InChI is InChI=1S/C12H15NO2.ClH/c1-8-3-4-10(9(2)7-8)11-5-6-15-12(14)13-11;/h3-4,7,11H,5-6H2,1-2H3,(H,13,14);1H/t11-;/m1./s1. The molecular formula is C12H16ClNO2. The van der Waals surface area contributed by atoms with Crippen molar-refractivity contribution in [1.29, 1.82) is 0 Å². The lowest BCUT2D eigenvalue weighted by Gasteiger charge is -2.25. The van der Waals surface area contributed by atoms with Gasteiger partial charge in [0.1, 0.15) is 0 Å². The van der Waals surface area contributed by atoms with Crippen molar-refractivity contribution >= 4 is 18.5 Å². The minimum Gasteiger partial charge on any atom is -0.449 e. The monoisotopic (exact) mass is 241 g/mol. The fourth-order valence-electron chi connectivity index (χ4n) is 1.98. The summed E-state index contributed by atoms with van der Waals surface area (Å²) in [5, 5.41) is 2.83. The maximum absolute atomic E-state index is 11.1. The van der Waals surface area contributed by atoms with Crippen molar-refractivity contribution in [3.63, 3.8) is 0 Å². The normalized spacial score (nSPS) is 19.4. The number of hydrogen-bond acceptors (Lipinski definition) is 2. The van der Waals surface area contributed by atoms with Crippen molar-refractivity contribution in [1.82, 2.24) is 5.32 Å². The SMILES string of the molecule is Cc1ccc([C@H]2CCOC(=O)N2)c(C)c1.Cl. The molecule has 1 aliphatic rings. The summed E-state index contributed by atoms with van der Waals surface area (Å²) in [5.74, 6) is 0. The van der Waals surface area contributed by atoms with Crippen molar-refractivity contribution in [2.45, 2.75) is 26.3 Å². The van der Waals surface area contributed by atoms with E-state index in [1.165, 1.54) is 16.7 Å². The lowest BCUT2D eigenvalue weighted by molar-refractivity contribution is 0.115. The van der Waals surface area contributed by atoms with Gasteiger partial charge in [0, 0.05) is 6.42 Å². The van der Waals surface area contributed by atoms with E-state index in [1.807, 2.05) is 0 Å². The number of nitrogens with one attached hydrogen (secondary N) is 1. The number of cyclic esters (lactones) is 1. The predicted molar refractivity (Wildman–Crippen MR) is 65.0 cm³/mol. The molecule has 1 fully saturated rings. The molecule has 1 saturated heterocycles. The summed E-state index contributed by atoms with van der Waals surface area (Å²) >= 11 is 0. The Morgan fingerprint density at radius 3 is 2.75 bits per heavy atom. The van der Waals surface area contributed by atoms with Gasteiger partial charge in [-0.25, -0.2) is 4.79 Å². The van der Waals surface area contributed by atoms with Crippen LogP contribution in [0, 0.1) is 13.8 Å². The van der Waals surface area contributed by atoms with Crippen LogP contribution in [-0.2, 0) is 4.74 Å². The highest BCUT2D eigenvalue weighted by atomic mass is 35.5. The largest absolute Gasteiger partial charge is 0.449 e. The first-order valence-electron chi connectivity index (χ1n) is 5.17. The number of rotatable bonds is 1. The molecule has 0 saturated carbocycles. The minimum atomic E-state index is -0.314. The summed E-state index contributed by atoms with van der Waals surface area (Å²) in [6.07, 6.45) is 0.529. The van der Waals surface area contributed by atoms with E-state index in [4.69, 9.17) is 4.74 Å². The van der Waals surface area contributed by atoms with Gasteiger partial charge in [0.05, 0.1) is 12.6 Å². The number of aryl methyl sites for hydroxylation is 2. The average Bonchev–Trinajstić information content (AvgIpc) is 2.17. The molecule has 1 amide bonds. The van der Waals surface area contributed by atoms with Gasteiger partial charge < -0.3 is 10.1 Å². The lowest BCUT2D eigenvalue weighted by atomic mass is 9.97. The number of ether oxygens (including phenoxy) is 1. The number of amides is 1. The van der Waals surface area contributed by atoms with Crippen LogP contribution in [0.4, 0.5) is 4.79 Å². The molecule has 1 aromatic carbocycles. The molecule has 0 aromatic heterocycles. The fourth-order valence-corrected chi connectivity index (χ4v) is 1.98. The highest BCUT2D eigenvalue weighted by molar-refractivity contribution is 5.85. The van der Waals surface area contributed by atoms with Crippen LogP contribution >= 0.6 is 12.4 Å². The van der Waals surface area contributed by atoms with E-state index in [9.17, 15) is 4.79 Å². The summed E-state index contributed by atoms with van der Waals surface area (Å²) in [7, 11) is 0. The molecule has 4 heteroatoms. The number of carbonyl (C=O) groups is 1. The zero-order valence-corrected chi connectivity index (χ0v) is 10.3. The van der Waals surface area contributed by atoms with Crippen LogP contribution in [-0.4, -0.2) is 12.7 Å². The third-order valence-corrected chi connectivity index (χ3v) is 2.73. The molecule has 88 valence electrons. The van der Waals surface area contributed by atoms with Gasteiger partial charge in [-0.2, -0.15) is 0 Å². The summed E-state index contributed by atoms with van der Waals surface area (Å²) in [4.78, 5) is 11.1. The van der Waals surface area contributed by atoms with Crippen molar-refractivity contribution in [2.24, 2.45) is 0 Å². The molecule has 0 bridgehead atoms. The molecule has 1 atom stereocenters. The third-order valence-electron chi connectivity index (χ3n) is 2.73. The molecule has 16 heavy (non-hydrogen) atoms. The number of halogens is 1. The molecule has 1 aromatic rings. The molecule has 1 aliphatic heterocycles. The van der Waals surface area contributed by atoms with Crippen LogP contribution in [0.3, 0.4) is 0 Å². The van der Waals surface area contributed by atoms with Gasteiger partial charge in [-0.3, -0.25) is 0 Å². The van der Waals surface area contributed by atoms with Gasteiger partial charge >= 0.3 is 6.09 Å². The van der Waals surface area contributed by atoms with E-state index in [0.717, 1.165) is 6.42 Å². The zero-order chi connectivity index (χ0) is 10.8. The number of alkyl carbamates (subject to hydrolysis) is 1. The van der Waals surface area contributed by atoms with E-state index in [1.54, 1.807) is 0 Å². The maximum Gasteiger partial charge on any atom is 0.407 e. The summed E-state index contributed by atoms with van der Waals surface area (Å²) in [6, 6.07) is 6.40. The molecule has 2 rings (SSSR count). The predicted octanol–water partition coefficient (Wildman–Crippen LogP) is 2.90. The topological polar surface area (TPSA) is 38.3 Å². The molecule has 1 heterocycles. The Hall–Kier alpha value is -1.22. The second-order valence-electron chi connectivity index (χ2n) is 3.98. The first-order valence-corrected chi connectivity index (χ1v) is 5.17. The fraction of sp³-hybridized carbons (Fsp3) is 0.417. The Morgan fingerprint density at radius 1 is 1.38 bits per heavy atom. The van der Waals surface area contributed by atoms with E-state index in [2.05, 4.69) is 37.4 Å². The second kappa shape index (κ2) is 5.21. The first-order chi connectivity index (χ1) is 7.16. The summed E-state index contributed by atoms with van der Waals surface area (Å²) < 4.78 is 4.84. The summed E-state index contributed by atoms with van der Waals surface area (Å²) in [6.45, 7) is 4.65. The molecule has 0 aliphatic carbocycles. The second-order valence-corrected chi connectivity index (χ2v) is 3.98. The van der Waals surface area contributed by atoms with Gasteiger partial charge in [0.15, 0.2) is 0 Å². The third kappa shape index (κ3) is 2.67. The van der Waals surface area contributed by atoms with Gasteiger partial charge in [0.2, 0.25) is 0 Å². The van der Waals surface area contributed by atoms with E-state index >= 15 is 0 Å². The number of carbonyl (C=O) groups excluding carboxylic acids is 1. The van der Waals surface area contributed by atoms with E-state index in [-0.39, 0.29) is 24.5 Å². The molecular weight excluding hydrogens is 226 g/mol. The van der Waals surface area contributed by atoms with Gasteiger partial charge in [-0.1, -0.05) is 23.8 Å². The Morgan fingerprint density at radius 2 is 2.12 bits per heavy atom. The van der Waals surface area contributed by atoms with E-state index < -0.39 is 0 Å². The maximum atomic E-state index is 11.1. The molecule has 0 radical (unpaired) electrons. The van der Waals surface area contributed by atoms with Gasteiger partial charge in [-0.15, -0.1) is 12.4 Å². The van der Waals surface area contributed by atoms with Crippen molar-refractivity contribution in [2.75, 3.05) is 6.61 Å². The Labute approximate surface area is 102 Å². The van der Waals surface area contributed by atoms with Crippen LogP contribution in [0.2, 0.25) is 0 Å². The minimum absolute atomic E-state index is 0. The molecule has 0 unspecified atom stereocenters. The van der Waals surface area contributed by atoms with Crippen molar-refractivity contribution < 1.29 is 9.53 Å². The van der Waals surface area contributed by atoms with Crippen molar-refractivity contribution in [3.8, 4) is 0 Å². The van der Waals surface area contributed by atoms with Crippen LogP contribution in [0.15, 0.2) is 18.2 Å². The lowest BCUT2D eigenvalue weighted by Crippen LogP contribution is -2.35. The number of hydrogen-bond donors (Lipinski definition) is 1. The molecule has 3 nitrogen and oxygen atoms in total. The highest BCUT2D eigenvalue weighted by Crippen LogP contribution is 2.23. The zero-order valence-electron chi connectivity index (χ0n) is 9.45. The van der Waals surface area contributed by atoms with Crippen LogP contribution in [0.5, 0.6) is 0 Å². The Kier molecular flexibility index (Phi) is 4.19. The van der Waals surface area contributed by atoms with Crippen LogP contribution in [0.25, 0.3) is 0 Å². The van der Waals surface area contributed by atoms with Crippen LogP contribution in [0.1, 0.15) is 29.2 Å². The quantitative estimate of drug-likeness (QED) is 0.821. The summed E-state index contributed by atoms with van der Waals surface area (Å²) in [5.41, 5.74) is 3.66. The van der Waals surface area contributed by atoms with Crippen LogP contribution < -0.4 is 5.32 Å². The first kappa shape index (κ1) is 12.8. The smallest absolute Gasteiger partial charge is 0.407 e. The average molecular weight is 242 g/mol. The highest BCUT2D eigenvalue weighted by Gasteiger charge is 2.21. The van der Waals surface area contributed by atoms with E-state index in [0.29, 0.717) is 6.61 Å². The number of benzene rings is 1. The Balaban J connectivity index is 0.00000128. The van der Waals surface area contributed by atoms with Gasteiger partial charge in [-0.05, 0) is 25.0 Å². The van der Waals surface area contributed by atoms with Crippen molar-refractivity contribution in [3.05, 3.63) is 34.9 Å². The van der Waals surface area contributed by atoms with Gasteiger partial charge in [0.25, 0.3) is 0 Å².